The molecule has 4 nitrogen and oxygen atoms in total. The van der Waals surface area contributed by atoms with Gasteiger partial charge in [0.05, 0.1) is 5.69 Å². The van der Waals surface area contributed by atoms with Gasteiger partial charge in [-0.1, -0.05) is 17.7 Å². The van der Waals surface area contributed by atoms with E-state index >= 15 is 0 Å². The number of carbonyl (C=O) groups is 1. The molecule has 0 saturated heterocycles. The molecule has 0 fully saturated rings. The van der Waals surface area contributed by atoms with Gasteiger partial charge in [-0.25, -0.2) is 4.79 Å². The van der Waals surface area contributed by atoms with Crippen molar-refractivity contribution in [3.05, 3.63) is 29.8 Å². The standard InChI is InChI=1S/C10H12N2O2S.Na.H/c1-7-3-5-9(6-4-7)12(10(11)15)14-8(2)13;;/h3-6H,1-2H3,(H2,11,15);;/q;+1;-1. The van der Waals surface area contributed by atoms with Crippen LogP contribution in [0.4, 0.5) is 5.69 Å². The van der Waals surface area contributed by atoms with Gasteiger partial charge in [-0.05, 0) is 31.3 Å². The molecule has 0 bridgehead atoms. The van der Waals surface area contributed by atoms with Crippen molar-refractivity contribution < 1.29 is 40.6 Å². The molecule has 0 saturated carbocycles. The number of hydrogen-bond acceptors (Lipinski definition) is 3. The zero-order valence-corrected chi connectivity index (χ0v) is 12.4. The van der Waals surface area contributed by atoms with Crippen LogP contribution in [0.3, 0.4) is 0 Å². The third-order valence-corrected chi connectivity index (χ3v) is 1.85. The van der Waals surface area contributed by atoms with Crippen LogP contribution in [-0.2, 0) is 9.63 Å². The quantitative estimate of drug-likeness (QED) is 0.378. The van der Waals surface area contributed by atoms with E-state index in [2.05, 4.69) is 0 Å². The molecular weight excluding hydrogens is 235 g/mol. The number of benzene rings is 1. The van der Waals surface area contributed by atoms with Crippen molar-refractivity contribution in [2.24, 2.45) is 5.73 Å². The number of thiocarbonyl (C=S) groups is 1. The summed E-state index contributed by atoms with van der Waals surface area (Å²) in [5, 5.41) is 1.12. The van der Waals surface area contributed by atoms with Gasteiger partial charge in [-0.2, -0.15) is 0 Å². The minimum Gasteiger partial charge on any atom is -1.00 e. The Labute approximate surface area is 123 Å². The molecule has 2 N–H and O–H groups in total. The Kier molecular flexibility index (Phi) is 6.59. The monoisotopic (exact) mass is 248 g/mol. The van der Waals surface area contributed by atoms with Gasteiger partial charge in [0.1, 0.15) is 0 Å². The number of anilines is 1. The summed E-state index contributed by atoms with van der Waals surface area (Å²) in [5.41, 5.74) is 7.16. The van der Waals surface area contributed by atoms with E-state index in [1.807, 2.05) is 19.1 Å². The van der Waals surface area contributed by atoms with Crippen LogP contribution in [-0.4, -0.2) is 11.1 Å². The first kappa shape index (κ1) is 15.4. The SMILES string of the molecule is CC(=O)ON(C(N)=S)c1ccc(C)cc1.[H-].[Na+]. The first-order chi connectivity index (χ1) is 7.00. The van der Waals surface area contributed by atoms with Crippen LogP contribution in [0.5, 0.6) is 0 Å². The Hall–Kier alpha value is -0.620. The van der Waals surface area contributed by atoms with Crippen LogP contribution in [0.15, 0.2) is 24.3 Å². The fourth-order valence-corrected chi connectivity index (χ4v) is 1.18. The van der Waals surface area contributed by atoms with E-state index in [1.165, 1.54) is 6.92 Å². The maximum Gasteiger partial charge on any atom is 1.00 e. The summed E-state index contributed by atoms with van der Waals surface area (Å²) >= 11 is 4.78. The molecule has 0 heterocycles. The van der Waals surface area contributed by atoms with Gasteiger partial charge in [0.2, 0.25) is 5.11 Å². The van der Waals surface area contributed by atoms with Crippen LogP contribution in [0.2, 0.25) is 0 Å². The number of rotatable bonds is 1. The van der Waals surface area contributed by atoms with E-state index in [0.717, 1.165) is 10.6 Å². The smallest absolute Gasteiger partial charge is 1.00 e. The number of carbonyl (C=O) groups excluding carboxylic acids is 1. The van der Waals surface area contributed by atoms with Crippen molar-refractivity contribution >= 4 is 29.0 Å². The third-order valence-electron chi connectivity index (χ3n) is 1.69. The number of hydroxylamine groups is 1. The molecule has 0 aliphatic rings. The first-order valence-corrected chi connectivity index (χ1v) is 4.76. The summed E-state index contributed by atoms with van der Waals surface area (Å²) < 4.78 is 0. The van der Waals surface area contributed by atoms with Gasteiger partial charge >= 0.3 is 35.5 Å². The predicted octanol–water partition coefficient (Wildman–Crippen LogP) is -1.36. The van der Waals surface area contributed by atoms with Crippen LogP contribution in [0, 0.1) is 6.92 Å². The molecule has 16 heavy (non-hydrogen) atoms. The van der Waals surface area contributed by atoms with E-state index in [1.54, 1.807) is 12.1 Å². The fourth-order valence-electron chi connectivity index (χ4n) is 1.03. The summed E-state index contributed by atoms with van der Waals surface area (Å²) in [5.74, 6) is -0.469. The molecule has 0 unspecified atom stereocenters. The average Bonchev–Trinajstić information content (AvgIpc) is 2.15. The van der Waals surface area contributed by atoms with Crippen molar-refractivity contribution in [2.75, 3.05) is 5.06 Å². The minimum absolute atomic E-state index is 0. The average molecular weight is 248 g/mol. The summed E-state index contributed by atoms with van der Waals surface area (Å²) in [4.78, 5) is 15.7. The molecule has 1 aromatic rings. The number of aryl methyl sites for hydroxylation is 1. The van der Waals surface area contributed by atoms with E-state index in [-0.39, 0.29) is 36.1 Å². The van der Waals surface area contributed by atoms with Crippen LogP contribution >= 0.6 is 12.2 Å². The fraction of sp³-hybridized carbons (Fsp3) is 0.200. The van der Waals surface area contributed by atoms with Crippen molar-refractivity contribution in [2.45, 2.75) is 13.8 Å². The second-order valence-electron chi connectivity index (χ2n) is 3.05. The second kappa shape index (κ2) is 6.85. The van der Waals surface area contributed by atoms with Gasteiger partial charge < -0.3 is 12.0 Å². The van der Waals surface area contributed by atoms with E-state index < -0.39 is 5.97 Å². The van der Waals surface area contributed by atoms with Crippen LogP contribution in [0.1, 0.15) is 13.9 Å². The Morgan fingerprint density at radius 1 is 1.44 bits per heavy atom. The second-order valence-corrected chi connectivity index (χ2v) is 3.47. The topological polar surface area (TPSA) is 55.6 Å². The Morgan fingerprint density at radius 2 is 1.94 bits per heavy atom. The van der Waals surface area contributed by atoms with Gasteiger partial charge in [0, 0.05) is 6.92 Å². The molecule has 0 radical (unpaired) electrons. The van der Waals surface area contributed by atoms with E-state index in [9.17, 15) is 4.79 Å². The maximum atomic E-state index is 10.8. The summed E-state index contributed by atoms with van der Waals surface area (Å²) in [6.07, 6.45) is 0. The molecule has 0 aliphatic heterocycles. The first-order valence-electron chi connectivity index (χ1n) is 4.35. The minimum atomic E-state index is -0.469. The molecule has 0 aliphatic carbocycles. The summed E-state index contributed by atoms with van der Waals surface area (Å²) in [6.45, 7) is 3.25. The van der Waals surface area contributed by atoms with Gasteiger partial charge in [0.25, 0.3) is 0 Å². The van der Waals surface area contributed by atoms with Crippen molar-refractivity contribution in [3.8, 4) is 0 Å². The number of hydrogen-bond donors (Lipinski definition) is 1. The zero-order chi connectivity index (χ0) is 11.4. The van der Waals surface area contributed by atoms with Crippen molar-refractivity contribution in [1.29, 1.82) is 0 Å². The third kappa shape index (κ3) is 4.49. The number of nitrogens with two attached hydrogens (primary N) is 1. The normalized spacial score (nSPS) is 8.88. The Morgan fingerprint density at radius 3 is 2.31 bits per heavy atom. The molecule has 0 aromatic heterocycles. The molecule has 82 valence electrons. The maximum absolute atomic E-state index is 10.8. The molecule has 0 amide bonds. The molecule has 1 aromatic carbocycles. The molecule has 6 heteroatoms. The van der Waals surface area contributed by atoms with Gasteiger partial charge in [0.15, 0.2) is 0 Å². The predicted molar refractivity (Wildman–Crippen MR) is 63.3 cm³/mol. The summed E-state index contributed by atoms with van der Waals surface area (Å²) in [6, 6.07) is 7.31. The largest absolute Gasteiger partial charge is 1.00 e. The van der Waals surface area contributed by atoms with Gasteiger partial charge in [-0.15, -0.1) is 5.06 Å². The molecule has 1 rings (SSSR count). The van der Waals surface area contributed by atoms with Crippen LogP contribution < -0.4 is 40.4 Å². The van der Waals surface area contributed by atoms with Crippen molar-refractivity contribution in [1.82, 2.24) is 0 Å². The Bertz CT molecular complexity index is 386. The van der Waals surface area contributed by atoms with Crippen LogP contribution in [0.25, 0.3) is 0 Å². The van der Waals surface area contributed by atoms with E-state index in [4.69, 9.17) is 22.8 Å². The molecule has 0 atom stereocenters. The van der Waals surface area contributed by atoms with E-state index in [0.29, 0.717) is 5.69 Å². The zero-order valence-electron chi connectivity index (χ0n) is 10.6. The molecule has 0 spiro atoms. The van der Waals surface area contributed by atoms with Crippen molar-refractivity contribution in [3.63, 3.8) is 0 Å². The molecular formula is C10H13N2NaO2S. The Balaban J connectivity index is 0. The van der Waals surface area contributed by atoms with Gasteiger partial charge in [-0.3, -0.25) is 0 Å². The number of nitrogens with zero attached hydrogens (tertiary/aromatic N) is 1. The summed E-state index contributed by atoms with van der Waals surface area (Å²) in [7, 11) is 0.